The molecular weight excluding hydrogens is 280 g/mol. The third kappa shape index (κ3) is 5.67. The molecule has 1 amide bonds. The van der Waals surface area contributed by atoms with Gasteiger partial charge >= 0.3 is 6.09 Å². The molecule has 0 saturated heterocycles. The molecule has 1 aromatic heterocycles. The number of rotatable bonds is 4. The van der Waals surface area contributed by atoms with Crippen molar-refractivity contribution in [1.29, 1.82) is 0 Å². The SMILES string of the molecule is Cn1cc(CC(CN)NC(=O)OC(C)(C)C)c(C(C)(C)C)n1. The largest absolute Gasteiger partial charge is 0.444 e. The Kier molecular flexibility index (Phi) is 5.62. The standard InChI is InChI=1S/C16H30N4O2/c1-15(2,3)13-11(10-20(7)19-13)8-12(9-17)18-14(21)22-16(4,5)6/h10,12H,8-9,17H2,1-7H3,(H,18,21). The van der Waals surface area contributed by atoms with Crippen molar-refractivity contribution in [2.75, 3.05) is 6.54 Å². The molecule has 22 heavy (non-hydrogen) atoms. The fourth-order valence-corrected chi connectivity index (χ4v) is 2.25. The number of aryl methyl sites for hydroxylation is 1. The van der Waals surface area contributed by atoms with Gasteiger partial charge in [-0.3, -0.25) is 4.68 Å². The van der Waals surface area contributed by atoms with E-state index in [2.05, 4.69) is 31.2 Å². The molecule has 1 atom stereocenters. The summed E-state index contributed by atoms with van der Waals surface area (Å²) < 4.78 is 7.09. The minimum Gasteiger partial charge on any atom is -0.444 e. The molecule has 3 N–H and O–H groups in total. The number of carbonyl (C=O) groups excluding carboxylic acids is 1. The topological polar surface area (TPSA) is 82.2 Å². The lowest BCUT2D eigenvalue weighted by Gasteiger charge is -2.24. The van der Waals surface area contributed by atoms with Crippen LogP contribution in [-0.2, 0) is 23.6 Å². The van der Waals surface area contributed by atoms with Crippen molar-refractivity contribution in [3.05, 3.63) is 17.5 Å². The number of ether oxygens (including phenoxy) is 1. The summed E-state index contributed by atoms with van der Waals surface area (Å²) in [5.74, 6) is 0. The number of aromatic nitrogens is 2. The van der Waals surface area contributed by atoms with Gasteiger partial charge in [-0.05, 0) is 32.8 Å². The molecule has 1 rings (SSSR count). The zero-order valence-corrected chi connectivity index (χ0v) is 14.9. The smallest absolute Gasteiger partial charge is 0.407 e. The monoisotopic (exact) mass is 310 g/mol. The van der Waals surface area contributed by atoms with Crippen molar-refractivity contribution in [3.8, 4) is 0 Å². The maximum Gasteiger partial charge on any atom is 0.407 e. The molecule has 0 aliphatic carbocycles. The molecule has 1 heterocycles. The third-order valence-corrected chi connectivity index (χ3v) is 3.09. The second kappa shape index (κ2) is 6.69. The summed E-state index contributed by atoms with van der Waals surface area (Å²) >= 11 is 0. The quantitative estimate of drug-likeness (QED) is 0.892. The van der Waals surface area contributed by atoms with Crippen molar-refractivity contribution in [2.45, 2.75) is 65.0 Å². The van der Waals surface area contributed by atoms with E-state index in [1.165, 1.54) is 0 Å². The Labute approximate surface area is 133 Å². The molecule has 0 bridgehead atoms. The van der Waals surface area contributed by atoms with Crippen LogP contribution < -0.4 is 11.1 Å². The normalized spacial score (nSPS) is 13.8. The number of hydrogen-bond donors (Lipinski definition) is 2. The highest BCUT2D eigenvalue weighted by Crippen LogP contribution is 2.25. The van der Waals surface area contributed by atoms with Gasteiger partial charge in [0.2, 0.25) is 0 Å². The first kappa shape index (κ1) is 18.5. The second-order valence-corrected chi connectivity index (χ2v) is 7.71. The zero-order valence-electron chi connectivity index (χ0n) is 14.9. The lowest BCUT2D eigenvalue weighted by molar-refractivity contribution is 0.0506. The average molecular weight is 310 g/mol. The van der Waals surface area contributed by atoms with Gasteiger partial charge in [-0.2, -0.15) is 5.10 Å². The van der Waals surface area contributed by atoms with Gasteiger partial charge in [0.15, 0.2) is 0 Å². The van der Waals surface area contributed by atoms with Crippen LogP contribution in [0.5, 0.6) is 0 Å². The van der Waals surface area contributed by atoms with Gasteiger partial charge in [0.1, 0.15) is 5.60 Å². The van der Waals surface area contributed by atoms with E-state index in [-0.39, 0.29) is 11.5 Å². The molecule has 126 valence electrons. The third-order valence-electron chi connectivity index (χ3n) is 3.09. The first-order valence-corrected chi connectivity index (χ1v) is 7.65. The fourth-order valence-electron chi connectivity index (χ4n) is 2.25. The zero-order chi connectivity index (χ0) is 17.1. The summed E-state index contributed by atoms with van der Waals surface area (Å²) in [5.41, 5.74) is 7.35. The number of carbonyl (C=O) groups is 1. The molecule has 6 nitrogen and oxygen atoms in total. The van der Waals surface area contributed by atoms with Gasteiger partial charge in [0.05, 0.1) is 5.69 Å². The Morgan fingerprint density at radius 2 is 1.95 bits per heavy atom. The molecule has 0 fully saturated rings. The number of nitrogens with two attached hydrogens (primary N) is 1. The highest BCUT2D eigenvalue weighted by Gasteiger charge is 2.25. The van der Waals surface area contributed by atoms with Crippen LogP contribution in [-0.4, -0.2) is 34.1 Å². The first-order chi connectivity index (χ1) is 9.92. The van der Waals surface area contributed by atoms with E-state index in [1.54, 1.807) is 4.68 Å². The van der Waals surface area contributed by atoms with E-state index in [9.17, 15) is 4.79 Å². The van der Waals surface area contributed by atoms with Crippen molar-refractivity contribution in [2.24, 2.45) is 12.8 Å². The number of alkyl carbamates (subject to hydrolysis) is 1. The van der Waals surface area contributed by atoms with Crippen LogP contribution in [0.1, 0.15) is 52.8 Å². The Morgan fingerprint density at radius 1 is 1.36 bits per heavy atom. The molecule has 6 heteroatoms. The minimum atomic E-state index is -0.520. The Balaban J connectivity index is 2.81. The molecule has 1 unspecified atom stereocenters. The lowest BCUT2D eigenvalue weighted by atomic mass is 9.88. The number of hydrogen-bond acceptors (Lipinski definition) is 4. The molecule has 0 aromatic carbocycles. The Bertz CT molecular complexity index is 509. The van der Waals surface area contributed by atoms with Gasteiger partial charge in [0, 0.05) is 31.2 Å². The molecule has 0 aliphatic heterocycles. The molecule has 0 aliphatic rings. The van der Waals surface area contributed by atoms with E-state index in [0.29, 0.717) is 13.0 Å². The van der Waals surface area contributed by atoms with Crippen molar-refractivity contribution in [1.82, 2.24) is 15.1 Å². The molecule has 1 aromatic rings. The van der Waals surface area contributed by atoms with Crippen LogP contribution in [0.15, 0.2) is 6.20 Å². The minimum absolute atomic E-state index is 0.0539. The van der Waals surface area contributed by atoms with E-state index in [4.69, 9.17) is 10.5 Å². The fraction of sp³-hybridized carbons (Fsp3) is 0.750. The Hall–Kier alpha value is -1.56. The maximum absolute atomic E-state index is 11.9. The van der Waals surface area contributed by atoms with E-state index >= 15 is 0 Å². The first-order valence-electron chi connectivity index (χ1n) is 7.65. The Morgan fingerprint density at radius 3 is 2.41 bits per heavy atom. The molecule has 0 spiro atoms. The molecule has 0 radical (unpaired) electrons. The summed E-state index contributed by atoms with van der Waals surface area (Å²) in [6.45, 7) is 12.2. The van der Waals surface area contributed by atoms with Crippen LogP contribution in [0.25, 0.3) is 0 Å². The van der Waals surface area contributed by atoms with Crippen molar-refractivity contribution >= 4 is 6.09 Å². The predicted molar refractivity (Wildman–Crippen MR) is 87.8 cm³/mol. The van der Waals surface area contributed by atoms with Crippen molar-refractivity contribution in [3.63, 3.8) is 0 Å². The van der Waals surface area contributed by atoms with Gasteiger partial charge < -0.3 is 15.8 Å². The highest BCUT2D eigenvalue weighted by atomic mass is 16.6. The van der Waals surface area contributed by atoms with E-state index in [1.807, 2.05) is 34.0 Å². The van der Waals surface area contributed by atoms with Crippen molar-refractivity contribution < 1.29 is 9.53 Å². The highest BCUT2D eigenvalue weighted by molar-refractivity contribution is 5.68. The van der Waals surface area contributed by atoms with E-state index < -0.39 is 11.7 Å². The summed E-state index contributed by atoms with van der Waals surface area (Å²) in [7, 11) is 1.90. The molecular formula is C16H30N4O2. The van der Waals surface area contributed by atoms with Gasteiger partial charge in [-0.1, -0.05) is 20.8 Å². The summed E-state index contributed by atoms with van der Waals surface area (Å²) in [4.78, 5) is 11.9. The van der Waals surface area contributed by atoms with Gasteiger partial charge in [-0.25, -0.2) is 4.79 Å². The van der Waals surface area contributed by atoms with Gasteiger partial charge in [-0.15, -0.1) is 0 Å². The van der Waals surface area contributed by atoms with E-state index in [0.717, 1.165) is 11.3 Å². The van der Waals surface area contributed by atoms with Crippen LogP contribution in [0, 0.1) is 0 Å². The summed E-state index contributed by atoms with van der Waals surface area (Å²) in [6.07, 6.45) is 2.18. The average Bonchev–Trinajstić information content (AvgIpc) is 2.66. The number of amides is 1. The lowest BCUT2D eigenvalue weighted by Crippen LogP contribution is -2.44. The van der Waals surface area contributed by atoms with Gasteiger partial charge in [0.25, 0.3) is 0 Å². The maximum atomic E-state index is 11.9. The predicted octanol–water partition coefficient (Wildman–Crippen LogP) is 2.11. The van der Waals surface area contributed by atoms with Crippen LogP contribution in [0.3, 0.4) is 0 Å². The van der Waals surface area contributed by atoms with Crippen LogP contribution in [0.2, 0.25) is 0 Å². The number of nitrogens with one attached hydrogen (secondary N) is 1. The second-order valence-electron chi connectivity index (χ2n) is 7.71. The molecule has 0 saturated carbocycles. The van der Waals surface area contributed by atoms with Crippen LogP contribution in [0.4, 0.5) is 4.79 Å². The number of nitrogens with zero attached hydrogens (tertiary/aromatic N) is 2. The summed E-state index contributed by atoms with van der Waals surface area (Å²) in [6, 6.07) is -0.180. The summed E-state index contributed by atoms with van der Waals surface area (Å²) in [5, 5.41) is 7.38. The van der Waals surface area contributed by atoms with Crippen LogP contribution >= 0.6 is 0 Å².